The molecule has 1 aromatic carbocycles. The Morgan fingerprint density at radius 1 is 0.967 bits per heavy atom. The molecule has 3 aromatic rings. The molecule has 1 aliphatic rings. The third-order valence-electron chi connectivity index (χ3n) is 5.82. The highest BCUT2D eigenvalue weighted by Crippen LogP contribution is 2.33. The van der Waals surface area contributed by atoms with Crippen molar-refractivity contribution < 1.29 is 5.11 Å². The molecule has 4 nitrogen and oxygen atoms in total. The second-order valence-electron chi connectivity index (χ2n) is 7.76. The molecule has 0 saturated carbocycles. The molecule has 0 amide bonds. The van der Waals surface area contributed by atoms with Crippen molar-refractivity contribution in [2.24, 2.45) is 0 Å². The molecule has 5 heteroatoms. The van der Waals surface area contributed by atoms with Crippen LogP contribution in [-0.2, 0) is 5.60 Å². The highest BCUT2D eigenvalue weighted by atomic mass is 35.5. The molecule has 0 unspecified atom stereocenters. The Balaban J connectivity index is 1.39. The van der Waals surface area contributed by atoms with Gasteiger partial charge in [0.25, 0.3) is 0 Å². The number of aromatic nitrogens is 2. The lowest BCUT2D eigenvalue weighted by Crippen LogP contribution is -2.42. The summed E-state index contributed by atoms with van der Waals surface area (Å²) in [6, 6.07) is 15.7. The minimum Gasteiger partial charge on any atom is -0.385 e. The Morgan fingerprint density at radius 2 is 1.70 bits per heavy atom. The second-order valence-corrected chi connectivity index (χ2v) is 8.20. The Labute approximate surface area is 182 Å². The van der Waals surface area contributed by atoms with Crippen LogP contribution < -0.4 is 0 Å². The first-order chi connectivity index (χ1) is 14.6. The van der Waals surface area contributed by atoms with Gasteiger partial charge in [-0.25, -0.2) is 0 Å². The monoisotopic (exact) mass is 419 g/mol. The molecule has 1 N–H and O–H groups in total. The fraction of sp³-hybridized carbons (Fsp3) is 0.280. The summed E-state index contributed by atoms with van der Waals surface area (Å²) in [5, 5.41) is 11.8. The van der Waals surface area contributed by atoms with Crippen molar-refractivity contribution in [2.75, 3.05) is 19.6 Å². The van der Waals surface area contributed by atoms with Crippen molar-refractivity contribution >= 4 is 17.2 Å². The van der Waals surface area contributed by atoms with Crippen LogP contribution in [-0.4, -0.2) is 39.6 Å². The predicted octanol–water partition coefficient (Wildman–Crippen LogP) is 4.94. The summed E-state index contributed by atoms with van der Waals surface area (Å²) in [6.45, 7) is 2.72. The van der Waals surface area contributed by atoms with Crippen molar-refractivity contribution in [1.82, 2.24) is 14.9 Å². The van der Waals surface area contributed by atoms with Gasteiger partial charge in [0.2, 0.25) is 0 Å². The SMILES string of the molecule is OC1(c2ccc(Cl)cc2)CCN(CC/C=C(/c2ccncc2)c2cccnc2)CC1. The van der Waals surface area contributed by atoms with E-state index in [1.54, 1.807) is 6.20 Å². The average Bonchev–Trinajstić information content (AvgIpc) is 2.79. The van der Waals surface area contributed by atoms with Crippen molar-refractivity contribution in [3.8, 4) is 0 Å². The van der Waals surface area contributed by atoms with Gasteiger partial charge in [-0.2, -0.15) is 0 Å². The Bertz CT molecular complexity index is 925. The third-order valence-corrected chi connectivity index (χ3v) is 6.07. The summed E-state index contributed by atoms with van der Waals surface area (Å²) in [7, 11) is 0. The zero-order valence-corrected chi connectivity index (χ0v) is 17.7. The van der Waals surface area contributed by atoms with E-state index in [-0.39, 0.29) is 0 Å². The molecule has 0 spiro atoms. The number of pyridine rings is 2. The smallest absolute Gasteiger partial charge is 0.0920 e. The van der Waals surface area contributed by atoms with E-state index in [1.807, 2.05) is 61.1 Å². The number of benzene rings is 1. The van der Waals surface area contributed by atoms with Crippen molar-refractivity contribution in [1.29, 1.82) is 0 Å². The predicted molar refractivity (Wildman–Crippen MR) is 121 cm³/mol. The second kappa shape index (κ2) is 9.52. The van der Waals surface area contributed by atoms with Crippen LogP contribution in [0.5, 0.6) is 0 Å². The normalized spacial score (nSPS) is 17.1. The van der Waals surface area contributed by atoms with Crippen LogP contribution in [0.1, 0.15) is 36.0 Å². The number of nitrogens with zero attached hydrogens (tertiary/aromatic N) is 3. The molecule has 154 valence electrons. The lowest BCUT2D eigenvalue weighted by molar-refractivity contribution is -0.0254. The highest BCUT2D eigenvalue weighted by molar-refractivity contribution is 6.30. The number of hydrogen-bond donors (Lipinski definition) is 1. The summed E-state index contributed by atoms with van der Waals surface area (Å²) >= 11 is 5.99. The quantitative estimate of drug-likeness (QED) is 0.615. The first-order valence-electron chi connectivity index (χ1n) is 10.4. The van der Waals surface area contributed by atoms with E-state index >= 15 is 0 Å². The zero-order chi connectivity index (χ0) is 20.8. The van der Waals surface area contributed by atoms with Gasteiger partial charge in [0.1, 0.15) is 0 Å². The van der Waals surface area contributed by atoms with Crippen LogP contribution in [0, 0.1) is 0 Å². The third kappa shape index (κ3) is 4.96. The van der Waals surface area contributed by atoms with Crippen molar-refractivity contribution in [3.05, 3.63) is 101 Å². The molecule has 0 aliphatic carbocycles. The molecule has 0 radical (unpaired) electrons. The van der Waals surface area contributed by atoms with E-state index in [4.69, 9.17) is 11.6 Å². The summed E-state index contributed by atoms with van der Waals surface area (Å²) in [4.78, 5) is 10.8. The number of halogens is 1. The van der Waals surface area contributed by atoms with Gasteiger partial charge >= 0.3 is 0 Å². The molecule has 0 bridgehead atoms. The van der Waals surface area contributed by atoms with Crippen LogP contribution in [0.15, 0.2) is 79.4 Å². The average molecular weight is 420 g/mol. The molecule has 3 heterocycles. The standard InChI is InChI=1S/C25H26ClN3O/c26-23-7-5-22(6-8-23)25(30)11-17-29(18-12-25)16-2-4-24(20-9-14-27-15-10-20)21-3-1-13-28-19-21/h1,3-10,13-15,19,30H,2,11-12,16-18H2/b24-4-. The fourth-order valence-corrected chi connectivity index (χ4v) is 4.17. The maximum absolute atomic E-state index is 11.1. The largest absolute Gasteiger partial charge is 0.385 e. The molecule has 30 heavy (non-hydrogen) atoms. The van der Waals surface area contributed by atoms with Gasteiger partial charge in [-0.05, 0) is 66.3 Å². The van der Waals surface area contributed by atoms with E-state index in [1.165, 1.54) is 5.57 Å². The van der Waals surface area contributed by atoms with E-state index in [9.17, 15) is 5.11 Å². The lowest BCUT2D eigenvalue weighted by atomic mass is 9.84. The Hall–Kier alpha value is -2.53. The van der Waals surface area contributed by atoms with Gasteiger partial charge in [-0.3, -0.25) is 9.97 Å². The van der Waals surface area contributed by atoms with Crippen LogP contribution in [0.3, 0.4) is 0 Å². The van der Waals surface area contributed by atoms with Crippen molar-refractivity contribution in [2.45, 2.75) is 24.9 Å². The molecule has 1 aliphatic heterocycles. The van der Waals surface area contributed by atoms with Gasteiger partial charge in [0.05, 0.1) is 5.60 Å². The van der Waals surface area contributed by atoms with Crippen molar-refractivity contribution in [3.63, 3.8) is 0 Å². The first kappa shape index (κ1) is 20.7. The summed E-state index contributed by atoms with van der Waals surface area (Å²) in [5.74, 6) is 0. The number of piperidine rings is 1. The maximum atomic E-state index is 11.1. The fourth-order valence-electron chi connectivity index (χ4n) is 4.04. The maximum Gasteiger partial charge on any atom is 0.0920 e. The molecule has 0 atom stereocenters. The topological polar surface area (TPSA) is 49.2 Å². The summed E-state index contributed by atoms with van der Waals surface area (Å²) in [6.07, 6.45) is 12.0. The number of rotatable bonds is 6. The summed E-state index contributed by atoms with van der Waals surface area (Å²) < 4.78 is 0. The molecule has 2 aromatic heterocycles. The molecule has 4 rings (SSSR count). The first-order valence-corrected chi connectivity index (χ1v) is 10.7. The van der Waals surface area contributed by atoms with E-state index < -0.39 is 5.60 Å². The van der Waals surface area contributed by atoms with E-state index in [0.717, 1.165) is 55.6 Å². The molecular weight excluding hydrogens is 394 g/mol. The minimum absolute atomic E-state index is 0.699. The van der Waals surface area contributed by atoms with Gasteiger partial charge in [-0.1, -0.05) is 35.9 Å². The number of hydrogen-bond acceptors (Lipinski definition) is 4. The van der Waals surface area contributed by atoms with E-state index in [2.05, 4.69) is 27.0 Å². The minimum atomic E-state index is -0.755. The van der Waals surface area contributed by atoms with Gasteiger partial charge in [0.15, 0.2) is 0 Å². The lowest BCUT2D eigenvalue weighted by Gasteiger charge is -2.38. The zero-order valence-electron chi connectivity index (χ0n) is 16.9. The molecule has 1 fully saturated rings. The van der Waals surface area contributed by atoms with Crippen LogP contribution in [0.25, 0.3) is 5.57 Å². The Kier molecular flexibility index (Phi) is 6.58. The van der Waals surface area contributed by atoms with Gasteiger partial charge in [-0.15, -0.1) is 0 Å². The number of aliphatic hydroxyl groups is 1. The van der Waals surface area contributed by atoms with Crippen LogP contribution in [0.4, 0.5) is 0 Å². The van der Waals surface area contributed by atoms with Gasteiger partial charge < -0.3 is 10.0 Å². The van der Waals surface area contributed by atoms with E-state index in [0.29, 0.717) is 5.02 Å². The summed E-state index contributed by atoms with van der Waals surface area (Å²) in [5.41, 5.74) is 3.64. The molecular formula is C25H26ClN3O. The molecule has 1 saturated heterocycles. The van der Waals surface area contributed by atoms with Gasteiger partial charge in [0, 0.05) is 55.0 Å². The highest BCUT2D eigenvalue weighted by Gasteiger charge is 2.33. The van der Waals surface area contributed by atoms with Crippen LogP contribution >= 0.6 is 11.6 Å². The Morgan fingerprint density at radius 3 is 2.37 bits per heavy atom. The number of likely N-dealkylation sites (tertiary alicyclic amines) is 1. The van der Waals surface area contributed by atoms with Crippen LogP contribution in [0.2, 0.25) is 5.02 Å².